The Hall–Kier alpha value is -2.36. The zero-order valence-electron chi connectivity index (χ0n) is 14.7. The van der Waals surface area contributed by atoms with E-state index in [9.17, 15) is 9.18 Å². The fourth-order valence-corrected chi connectivity index (χ4v) is 2.60. The van der Waals surface area contributed by atoms with Crippen LogP contribution in [0.3, 0.4) is 0 Å². The standard InChI is InChI=1S/C20H24FNO2/c1-5-15-10-14(4)19(11-13(15)3)24-12-16-17(21)8-7-9-18(16)22-20(23)6-2/h7-11H,5-6,12H2,1-4H3,(H,22,23). The summed E-state index contributed by atoms with van der Waals surface area (Å²) in [7, 11) is 0. The monoisotopic (exact) mass is 329 g/mol. The Morgan fingerprint density at radius 1 is 1.17 bits per heavy atom. The van der Waals surface area contributed by atoms with Gasteiger partial charge in [0.25, 0.3) is 0 Å². The first-order valence-corrected chi connectivity index (χ1v) is 8.26. The van der Waals surface area contributed by atoms with Crippen molar-refractivity contribution in [3.05, 3.63) is 58.4 Å². The van der Waals surface area contributed by atoms with Crippen molar-refractivity contribution in [2.24, 2.45) is 0 Å². The van der Waals surface area contributed by atoms with E-state index >= 15 is 0 Å². The van der Waals surface area contributed by atoms with Crippen molar-refractivity contribution in [1.29, 1.82) is 0 Å². The van der Waals surface area contributed by atoms with E-state index in [-0.39, 0.29) is 18.3 Å². The summed E-state index contributed by atoms with van der Waals surface area (Å²) in [6.07, 6.45) is 1.31. The molecule has 128 valence electrons. The highest BCUT2D eigenvalue weighted by Gasteiger charge is 2.12. The number of rotatable bonds is 6. The van der Waals surface area contributed by atoms with Crippen molar-refractivity contribution in [3.63, 3.8) is 0 Å². The Kier molecular flexibility index (Phi) is 5.96. The Bertz CT molecular complexity index is 741. The Morgan fingerprint density at radius 2 is 1.92 bits per heavy atom. The number of amides is 1. The molecule has 0 radical (unpaired) electrons. The fourth-order valence-electron chi connectivity index (χ4n) is 2.60. The van der Waals surface area contributed by atoms with Crippen LogP contribution in [0.4, 0.5) is 10.1 Å². The number of hydrogen-bond donors (Lipinski definition) is 1. The van der Waals surface area contributed by atoms with Gasteiger partial charge >= 0.3 is 0 Å². The molecule has 0 saturated heterocycles. The normalized spacial score (nSPS) is 10.5. The highest BCUT2D eigenvalue weighted by Crippen LogP contribution is 2.26. The predicted molar refractivity (Wildman–Crippen MR) is 94.9 cm³/mol. The number of aryl methyl sites for hydroxylation is 3. The molecule has 0 saturated carbocycles. The van der Waals surface area contributed by atoms with Crippen LogP contribution in [0.5, 0.6) is 5.75 Å². The number of carbonyl (C=O) groups excluding carboxylic acids is 1. The molecule has 4 heteroatoms. The molecule has 2 rings (SSSR count). The maximum Gasteiger partial charge on any atom is 0.224 e. The van der Waals surface area contributed by atoms with Crippen molar-refractivity contribution in [2.75, 3.05) is 5.32 Å². The molecule has 0 bridgehead atoms. The van der Waals surface area contributed by atoms with Crippen LogP contribution in [0.25, 0.3) is 0 Å². The van der Waals surface area contributed by atoms with E-state index in [1.807, 2.05) is 19.9 Å². The van der Waals surface area contributed by atoms with Gasteiger partial charge in [-0.05, 0) is 55.2 Å². The van der Waals surface area contributed by atoms with E-state index in [0.717, 1.165) is 23.3 Å². The van der Waals surface area contributed by atoms with Gasteiger partial charge in [0.2, 0.25) is 5.91 Å². The van der Waals surface area contributed by atoms with Gasteiger partial charge in [-0.1, -0.05) is 26.0 Å². The molecule has 0 aliphatic rings. The molecular weight excluding hydrogens is 305 g/mol. The second kappa shape index (κ2) is 7.95. The Balaban J connectivity index is 2.23. The molecule has 2 aromatic carbocycles. The summed E-state index contributed by atoms with van der Waals surface area (Å²) < 4.78 is 20.0. The zero-order chi connectivity index (χ0) is 17.7. The summed E-state index contributed by atoms with van der Waals surface area (Å²) in [5, 5.41) is 2.72. The molecule has 0 fully saturated rings. The van der Waals surface area contributed by atoms with Crippen molar-refractivity contribution in [1.82, 2.24) is 0 Å². The van der Waals surface area contributed by atoms with Crippen molar-refractivity contribution in [3.8, 4) is 5.75 Å². The van der Waals surface area contributed by atoms with E-state index in [1.165, 1.54) is 11.6 Å². The maximum absolute atomic E-state index is 14.2. The zero-order valence-corrected chi connectivity index (χ0v) is 14.7. The van der Waals surface area contributed by atoms with Crippen LogP contribution in [0.2, 0.25) is 0 Å². The first kappa shape index (κ1) is 18.0. The molecule has 0 unspecified atom stereocenters. The summed E-state index contributed by atoms with van der Waals surface area (Å²) in [4.78, 5) is 11.6. The van der Waals surface area contributed by atoms with Gasteiger partial charge in [0, 0.05) is 12.0 Å². The fraction of sp³-hybridized carbons (Fsp3) is 0.350. The molecule has 0 spiro atoms. The van der Waals surface area contributed by atoms with Crippen LogP contribution in [0, 0.1) is 19.7 Å². The summed E-state index contributed by atoms with van der Waals surface area (Å²) in [5.74, 6) is 0.199. The molecule has 3 nitrogen and oxygen atoms in total. The van der Waals surface area contributed by atoms with Gasteiger partial charge in [-0.2, -0.15) is 0 Å². The van der Waals surface area contributed by atoms with E-state index in [4.69, 9.17) is 4.74 Å². The molecule has 24 heavy (non-hydrogen) atoms. The van der Waals surface area contributed by atoms with E-state index in [2.05, 4.69) is 18.3 Å². The average molecular weight is 329 g/mol. The Labute approximate surface area is 142 Å². The second-order valence-electron chi connectivity index (χ2n) is 5.85. The number of halogens is 1. The number of ether oxygens (including phenoxy) is 1. The van der Waals surface area contributed by atoms with Gasteiger partial charge in [0.15, 0.2) is 0 Å². The van der Waals surface area contributed by atoms with Gasteiger partial charge in [0.1, 0.15) is 18.2 Å². The minimum Gasteiger partial charge on any atom is -0.488 e. The molecule has 1 amide bonds. The number of benzene rings is 2. The quantitative estimate of drug-likeness (QED) is 0.816. The van der Waals surface area contributed by atoms with E-state index in [0.29, 0.717) is 17.7 Å². The summed E-state index contributed by atoms with van der Waals surface area (Å²) in [5.41, 5.74) is 4.28. The van der Waals surface area contributed by atoms with E-state index in [1.54, 1.807) is 19.1 Å². The lowest BCUT2D eigenvalue weighted by atomic mass is 10.0. The summed E-state index contributed by atoms with van der Waals surface area (Å²) >= 11 is 0. The molecule has 0 heterocycles. The minimum absolute atomic E-state index is 0.0672. The van der Waals surface area contributed by atoms with Crippen LogP contribution in [0.15, 0.2) is 30.3 Å². The van der Waals surface area contributed by atoms with Crippen LogP contribution in [-0.2, 0) is 17.8 Å². The van der Waals surface area contributed by atoms with Gasteiger partial charge in [-0.25, -0.2) is 4.39 Å². The molecule has 0 aliphatic heterocycles. The van der Waals surface area contributed by atoms with Crippen molar-refractivity contribution >= 4 is 11.6 Å². The lowest BCUT2D eigenvalue weighted by molar-refractivity contribution is -0.115. The third-order valence-electron chi connectivity index (χ3n) is 4.10. The van der Waals surface area contributed by atoms with Gasteiger partial charge in [-0.15, -0.1) is 0 Å². The van der Waals surface area contributed by atoms with Crippen molar-refractivity contribution in [2.45, 2.75) is 47.1 Å². The van der Waals surface area contributed by atoms with Crippen LogP contribution < -0.4 is 10.1 Å². The summed E-state index contributed by atoms with van der Waals surface area (Å²) in [6.45, 7) is 7.96. The molecule has 0 atom stereocenters. The predicted octanol–water partition coefficient (Wildman–Crippen LogP) is 4.93. The lowest BCUT2D eigenvalue weighted by Gasteiger charge is -2.15. The van der Waals surface area contributed by atoms with Gasteiger partial charge < -0.3 is 10.1 Å². The molecule has 2 aromatic rings. The third-order valence-corrected chi connectivity index (χ3v) is 4.10. The van der Waals surface area contributed by atoms with Crippen LogP contribution >= 0.6 is 0 Å². The summed E-state index contributed by atoms with van der Waals surface area (Å²) in [6, 6.07) is 8.73. The van der Waals surface area contributed by atoms with Crippen molar-refractivity contribution < 1.29 is 13.9 Å². The number of hydrogen-bond acceptors (Lipinski definition) is 2. The SMILES string of the molecule is CCC(=O)Nc1cccc(F)c1COc1cc(C)c(CC)cc1C. The number of anilines is 1. The molecule has 1 N–H and O–H groups in total. The smallest absolute Gasteiger partial charge is 0.224 e. The van der Waals surface area contributed by atoms with Crippen LogP contribution in [0.1, 0.15) is 42.5 Å². The van der Waals surface area contributed by atoms with Gasteiger partial charge in [-0.3, -0.25) is 4.79 Å². The highest BCUT2D eigenvalue weighted by atomic mass is 19.1. The van der Waals surface area contributed by atoms with Crippen LogP contribution in [-0.4, -0.2) is 5.91 Å². The minimum atomic E-state index is -0.386. The topological polar surface area (TPSA) is 38.3 Å². The largest absolute Gasteiger partial charge is 0.488 e. The molecule has 0 aliphatic carbocycles. The van der Waals surface area contributed by atoms with E-state index < -0.39 is 0 Å². The molecule has 0 aromatic heterocycles. The maximum atomic E-state index is 14.2. The first-order chi connectivity index (χ1) is 11.5. The van der Waals surface area contributed by atoms with Gasteiger partial charge in [0.05, 0.1) is 5.69 Å². The second-order valence-corrected chi connectivity index (χ2v) is 5.85. The number of carbonyl (C=O) groups is 1. The molecular formula is C20H24FNO2. The average Bonchev–Trinajstić information content (AvgIpc) is 2.56. The lowest BCUT2D eigenvalue weighted by Crippen LogP contribution is -2.13. The number of nitrogens with one attached hydrogen (secondary N) is 1. The first-order valence-electron chi connectivity index (χ1n) is 8.26. The Morgan fingerprint density at radius 3 is 2.58 bits per heavy atom. The highest BCUT2D eigenvalue weighted by molar-refractivity contribution is 5.91. The third kappa shape index (κ3) is 4.13.